The molecule has 0 radical (unpaired) electrons. The molecule has 0 saturated heterocycles. The minimum Gasteiger partial charge on any atom is -0.465 e. The molecule has 0 bridgehead atoms. The van der Waals surface area contributed by atoms with Gasteiger partial charge in [-0.15, -0.1) is 0 Å². The summed E-state index contributed by atoms with van der Waals surface area (Å²) >= 11 is 0. The van der Waals surface area contributed by atoms with E-state index in [2.05, 4.69) is 0 Å². The normalized spacial score (nSPS) is 10.6. The molecule has 0 aliphatic carbocycles. The Balaban J connectivity index is 3.43. The molecule has 1 aromatic carbocycles. The van der Waals surface area contributed by atoms with Crippen molar-refractivity contribution in [3.8, 4) is 0 Å². The van der Waals surface area contributed by atoms with E-state index in [1.165, 1.54) is 14.0 Å². The molecule has 5 heteroatoms. The van der Waals surface area contributed by atoms with Crippen LogP contribution in [0, 0.1) is 5.41 Å². The standard InChI is InChI=1S/C13H16NO3P/c1-4-9-5-10(13(16)17-3)11(7-14)12(6-9)18-8(2)15/h5-7,14,18H,4H2,1-3H3. The zero-order valence-corrected chi connectivity index (χ0v) is 11.7. The Morgan fingerprint density at radius 1 is 1.44 bits per heavy atom. The van der Waals surface area contributed by atoms with Gasteiger partial charge in [-0.3, -0.25) is 4.79 Å². The van der Waals surface area contributed by atoms with Crippen LogP contribution in [0.15, 0.2) is 12.1 Å². The lowest BCUT2D eigenvalue weighted by Gasteiger charge is -2.11. The molecule has 0 aliphatic heterocycles. The smallest absolute Gasteiger partial charge is 0.338 e. The third kappa shape index (κ3) is 3.23. The molecule has 18 heavy (non-hydrogen) atoms. The third-order valence-corrected chi connectivity index (χ3v) is 3.54. The first kappa shape index (κ1) is 14.5. The number of ether oxygens (including phenoxy) is 1. The molecule has 0 aromatic heterocycles. The third-order valence-electron chi connectivity index (χ3n) is 2.51. The molecule has 1 aromatic rings. The summed E-state index contributed by atoms with van der Waals surface area (Å²) in [5, 5.41) is 8.16. The van der Waals surface area contributed by atoms with Gasteiger partial charge in [0.15, 0.2) is 5.52 Å². The Morgan fingerprint density at radius 2 is 2.11 bits per heavy atom. The predicted octanol–water partition coefficient (Wildman–Crippen LogP) is 1.88. The number of benzene rings is 1. The number of esters is 1. The van der Waals surface area contributed by atoms with Gasteiger partial charge in [-0.2, -0.15) is 0 Å². The van der Waals surface area contributed by atoms with E-state index in [9.17, 15) is 9.59 Å². The number of nitrogens with one attached hydrogen (secondary N) is 1. The molecule has 1 atom stereocenters. The highest BCUT2D eigenvalue weighted by molar-refractivity contribution is 7.65. The van der Waals surface area contributed by atoms with Crippen LogP contribution in [0.2, 0.25) is 0 Å². The Morgan fingerprint density at radius 3 is 2.56 bits per heavy atom. The van der Waals surface area contributed by atoms with Crippen LogP contribution in [0.5, 0.6) is 0 Å². The summed E-state index contributed by atoms with van der Waals surface area (Å²) in [5.74, 6) is -0.474. The van der Waals surface area contributed by atoms with E-state index in [1.807, 2.05) is 13.0 Å². The van der Waals surface area contributed by atoms with Crippen LogP contribution < -0.4 is 5.30 Å². The summed E-state index contributed by atoms with van der Waals surface area (Å²) in [4.78, 5) is 22.9. The van der Waals surface area contributed by atoms with Crippen molar-refractivity contribution in [3.05, 3.63) is 28.8 Å². The zero-order valence-electron chi connectivity index (χ0n) is 10.7. The van der Waals surface area contributed by atoms with Gasteiger partial charge in [0.25, 0.3) is 0 Å². The van der Waals surface area contributed by atoms with E-state index in [-0.39, 0.29) is 14.1 Å². The van der Waals surface area contributed by atoms with E-state index in [0.29, 0.717) is 11.1 Å². The number of carbonyl (C=O) groups excluding carboxylic acids is 2. The van der Waals surface area contributed by atoms with Gasteiger partial charge in [0.05, 0.1) is 12.7 Å². The summed E-state index contributed by atoms with van der Waals surface area (Å²) < 4.78 is 4.71. The fourth-order valence-corrected chi connectivity index (χ4v) is 2.62. The Kier molecular flexibility index (Phi) is 5.17. The van der Waals surface area contributed by atoms with Crippen molar-refractivity contribution in [2.24, 2.45) is 0 Å². The highest BCUT2D eigenvalue weighted by Gasteiger charge is 2.16. The summed E-state index contributed by atoms with van der Waals surface area (Å²) in [6, 6.07) is 3.60. The zero-order chi connectivity index (χ0) is 13.7. The first-order chi connectivity index (χ1) is 8.53. The molecule has 1 unspecified atom stereocenters. The van der Waals surface area contributed by atoms with Crippen molar-refractivity contribution < 1.29 is 14.3 Å². The van der Waals surface area contributed by atoms with Crippen molar-refractivity contribution >= 4 is 31.6 Å². The van der Waals surface area contributed by atoms with Crippen LogP contribution in [0.25, 0.3) is 0 Å². The summed E-state index contributed by atoms with van der Waals surface area (Å²) in [6.07, 6.45) is 1.87. The molecule has 0 amide bonds. The minimum atomic E-state index is -0.474. The van der Waals surface area contributed by atoms with Crippen LogP contribution in [0.4, 0.5) is 0 Å². The van der Waals surface area contributed by atoms with Crippen LogP contribution in [-0.2, 0) is 16.0 Å². The molecule has 0 spiro atoms. The predicted molar refractivity (Wildman–Crippen MR) is 73.7 cm³/mol. The van der Waals surface area contributed by atoms with Crippen molar-refractivity contribution in [2.45, 2.75) is 20.3 Å². The van der Waals surface area contributed by atoms with E-state index < -0.39 is 5.97 Å². The van der Waals surface area contributed by atoms with Crippen molar-refractivity contribution in [2.75, 3.05) is 7.11 Å². The molecule has 4 nitrogen and oxygen atoms in total. The Labute approximate surface area is 108 Å². The van der Waals surface area contributed by atoms with Crippen LogP contribution in [0.3, 0.4) is 0 Å². The quantitative estimate of drug-likeness (QED) is 0.502. The molecule has 0 saturated carbocycles. The molecule has 96 valence electrons. The van der Waals surface area contributed by atoms with Crippen molar-refractivity contribution in [3.63, 3.8) is 0 Å². The highest BCUT2D eigenvalue weighted by Crippen LogP contribution is 2.19. The minimum absolute atomic E-state index is 0.0298. The first-order valence-corrected chi connectivity index (χ1v) is 6.56. The largest absolute Gasteiger partial charge is 0.465 e. The summed E-state index contributed by atoms with van der Waals surface area (Å²) in [5.41, 5.74) is 1.83. The van der Waals surface area contributed by atoms with E-state index >= 15 is 0 Å². The topological polar surface area (TPSA) is 67.2 Å². The lowest BCUT2D eigenvalue weighted by atomic mass is 10.0. The van der Waals surface area contributed by atoms with E-state index in [0.717, 1.165) is 23.5 Å². The second-order valence-electron chi connectivity index (χ2n) is 3.78. The molecular formula is C13H16NO3P. The van der Waals surface area contributed by atoms with Gasteiger partial charge >= 0.3 is 5.97 Å². The maximum atomic E-state index is 11.7. The van der Waals surface area contributed by atoms with Gasteiger partial charge in [0.1, 0.15) is 0 Å². The van der Waals surface area contributed by atoms with Crippen molar-refractivity contribution in [1.82, 2.24) is 0 Å². The average Bonchev–Trinajstić information content (AvgIpc) is 2.36. The fourth-order valence-electron chi connectivity index (χ4n) is 1.64. The SMILES string of the molecule is CCc1cc(PC(C)=O)c(C=N)c(C(=O)OC)c1. The lowest BCUT2D eigenvalue weighted by molar-refractivity contribution is -0.109. The van der Waals surface area contributed by atoms with Crippen LogP contribution in [-0.4, -0.2) is 24.8 Å². The average molecular weight is 265 g/mol. The second kappa shape index (κ2) is 6.41. The molecule has 0 fully saturated rings. The monoisotopic (exact) mass is 265 g/mol. The maximum absolute atomic E-state index is 11.7. The van der Waals surface area contributed by atoms with Gasteiger partial charge in [-0.05, 0) is 38.9 Å². The number of hydrogen-bond acceptors (Lipinski definition) is 4. The Hall–Kier alpha value is -1.54. The second-order valence-corrected chi connectivity index (χ2v) is 5.27. The maximum Gasteiger partial charge on any atom is 0.338 e. The van der Waals surface area contributed by atoms with Gasteiger partial charge in [-0.25, -0.2) is 4.79 Å². The molecule has 0 aliphatic rings. The number of methoxy groups -OCH3 is 1. The lowest BCUT2D eigenvalue weighted by Crippen LogP contribution is -2.15. The number of hydrogen-bond donors (Lipinski definition) is 1. The van der Waals surface area contributed by atoms with Gasteiger partial charge in [0.2, 0.25) is 0 Å². The molecular weight excluding hydrogens is 249 g/mol. The summed E-state index contributed by atoms with van der Waals surface area (Å²) in [6.45, 7) is 3.48. The number of rotatable bonds is 5. The van der Waals surface area contributed by atoms with Crippen molar-refractivity contribution in [1.29, 1.82) is 5.41 Å². The fraction of sp³-hybridized carbons (Fsp3) is 0.308. The Bertz CT molecular complexity index is 497. The van der Waals surface area contributed by atoms with Gasteiger partial charge < -0.3 is 10.1 Å². The number of aryl methyl sites for hydroxylation is 1. The molecule has 1 N–H and O–H groups in total. The molecule has 1 rings (SSSR count). The first-order valence-electron chi connectivity index (χ1n) is 5.56. The van der Waals surface area contributed by atoms with Gasteiger partial charge in [-0.1, -0.05) is 13.0 Å². The number of carbonyl (C=O) groups is 2. The summed E-state index contributed by atoms with van der Waals surface area (Å²) in [7, 11) is 1.27. The van der Waals surface area contributed by atoms with Crippen LogP contribution >= 0.6 is 8.58 Å². The van der Waals surface area contributed by atoms with Crippen LogP contribution in [0.1, 0.15) is 35.3 Å². The van der Waals surface area contributed by atoms with E-state index in [1.54, 1.807) is 6.07 Å². The van der Waals surface area contributed by atoms with Gasteiger partial charge in [0, 0.05) is 11.8 Å². The molecule has 0 heterocycles. The highest BCUT2D eigenvalue weighted by atomic mass is 31.1. The van der Waals surface area contributed by atoms with E-state index in [4.69, 9.17) is 10.1 Å².